The standard InChI is InChI=1S/C6H13NO11S2/c8-1-3(7-19(12,13)14)5(10)6(11)4(9)2-18-20(15,16)17/h1,3-7,9-11H,2H2,(H,12,13,14)(H,15,16,17)/p-2/t3-,4+,5+,6+/m0/s1. The van der Waals surface area contributed by atoms with Gasteiger partial charge in [-0.25, -0.2) is 21.6 Å². The van der Waals surface area contributed by atoms with Crippen LogP contribution < -0.4 is 4.72 Å². The average Bonchev–Trinajstić information content (AvgIpc) is 2.29. The predicted octanol–water partition coefficient (Wildman–Crippen LogP) is -4.84. The van der Waals surface area contributed by atoms with Gasteiger partial charge < -0.3 is 29.2 Å². The average molecular weight is 337 g/mol. The smallest absolute Gasteiger partial charge is 0.217 e. The highest BCUT2D eigenvalue weighted by atomic mass is 32.3. The highest BCUT2D eigenvalue weighted by Crippen LogP contribution is 2.06. The van der Waals surface area contributed by atoms with Crippen LogP contribution in [0.2, 0.25) is 0 Å². The van der Waals surface area contributed by atoms with Crippen molar-refractivity contribution < 1.29 is 50.2 Å². The largest absolute Gasteiger partial charge is 0.735 e. The number of rotatable bonds is 9. The first kappa shape index (κ1) is 19.3. The fourth-order valence-electron chi connectivity index (χ4n) is 1.04. The van der Waals surface area contributed by atoms with Crippen LogP contribution in [0.4, 0.5) is 0 Å². The Morgan fingerprint density at radius 2 is 1.60 bits per heavy atom. The van der Waals surface area contributed by atoms with Crippen LogP contribution in [0.5, 0.6) is 0 Å². The molecule has 20 heavy (non-hydrogen) atoms. The molecule has 0 saturated heterocycles. The van der Waals surface area contributed by atoms with Crippen LogP contribution in [0.15, 0.2) is 0 Å². The maximum Gasteiger partial charge on any atom is 0.217 e. The van der Waals surface area contributed by atoms with E-state index in [-0.39, 0.29) is 6.29 Å². The fraction of sp³-hybridized carbons (Fsp3) is 0.833. The van der Waals surface area contributed by atoms with Gasteiger partial charge in [0.1, 0.15) is 30.6 Å². The number of hydrogen-bond donors (Lipinski definition) is 4. The molecule has 0 heterocycles. The Morgan fingerprint density at radius 3 is 1.95 bits per heavy atom. The molecule has 0 aromatic rings. The first-order valence-electron chi connectivity index (χ1n) is 4.70. The minimum absolute atomic E-state index is 0.235. The van der Waals surface area contributed by atoms with E-state index in [0.717, 1.165) is 4.72 Å². The van der Waals surface area contributed by atoms with E-state index in [4.69, 9.17) is 0 Å². The second-order valence-electron chi connectivity index (χ2n) is 3.48. The second-order valence-corrected chi connectivity index (χ2v) is 5.67. The monoisotopic (exact) mass is 337 g/mol. The third kappa shape index (κ3) is 7.78. The minimum Gasteiger partial charge on any atom is -0.735 e. The zero-order valence-corrected chi connectivity index (χ0v) is 11.2. The Balaban J connectivity index is 4.72. The number of nitrogens with one attached hydrogen (secondary N) is 1. The van der Waals surface area contributed by atoms with Crippen LogP contribution in [-0.2, 0) is 29.7 Å². The van der Waals surface area contributed by atoms with Crippen LogP contribution in [-0.4, -0.2) is 78.5 Å². The number of aliphatic hydroxyl groups excluding tert-OH is 3. The van der Waals surface area contributed by atoms with E-state index < -0.39 is 51.7 Å². The molecule has 4 N–H and O–H groups in total. The number of aldehydes is 1. The fourth-order valence-corrected chi connectivity index (χ4v) is 1.87. The van der Waals surface area contributed by atoms with Crippen LogP contribution in [0.25, 0.3) is 0 Å². The lowest BCUT2D eigenvalue weighted by Crippen LogP contribution is -2.53. The minimum atomic E-state index is -5.17. The first-order chi connectivity index (χ1) is 8.87. The summed E-state index contributed by atoms with van der Waals surface area (Å²) in [5.74, 6) is 0. The zero-order chi connectivity index (χ0) is 16.1. The number of carbonyl (C=O) groups is 1. The topological polar surface area (TPSA) is 213 Å². The van der Waals surface area contributed by atoms with Crippen molar-refractivity contribution in [2.45, 2.75) is 24.4 Å². The summed E-state index contributed by atoms with van der Waals surface area (Å²) in [6.45, 7) is -1.25. The first-order valence-corrected chi connectivity index (χ1v) is 7.44. The molecular weight excluding hydrogens is 326 g/mol. The van der Waals surface area contributed by atoms with Gasteiger partial charge in [-0.05, 0) is 0 Å². The van der Waals surface area contributed by atoms with Gasteiger partial charge in [0.25, 0.3) is 0 Å². The Labute approximate surface area is 113 Å². The van der Waals surface area contributed by atoms with Crippen LogP contribution in [0.1, 0.15) is 0 Å². The van der Waals surface area contributed by atoms with Crippen molar-refractivity contribution in [2.24, 2.45) is 0 Å². The second kappa shape index (κ2) is 7.34. The van der Waals surface area contributed by atoms with Crippen molar-refractivity contribution in [3.8, 4) is 0 Å². The summed E-state index contributed by atoms with van der Waals surface area (Å²) in [6.07, 6.45) is -6.95. The molecule has 0 aliphatic heterocycles. The van der Waals surface area contributed by atoms with Gasteiger partial charge in [-0.15, -0.1) is 0 Å². The number of carbonyl (C=O) groups excluding carboxylic acids is 1. The Hall–Kier alpha value is -0.710. The maximum atomic E-state index is 10.5. The SMILES string of the molecule is O=C[C@H](NS(=O)(=O)[O-])[C@@H](O)[C@H](O)[C@H](O)COS(=O)(=O)[O-]. The van der Waals surface area contributed by atoms with E-state index in [0.29, 0.717) is 0 Å². The van der Waals surface area contributed by atoms with Gasteiger partial charge in [0.2, 0.25) is 10.4 Å². The highest BCUT2D eigenvalue weighted by molar-refractivity contribution is 7.83. The molecule has 0 aliphatic carbocycles. The molecule has 4 atom stereocenters. The molecular formula is C6H11NO11S2-2. The van der Waals surface area contributed by atoms with E-state index in [1.165, 1.54) is 0 Å². The normalized spacial score (nSPS) is 19.1. The summed E-state index contributed by atoms with van der Waals surface area (Å²) < 4.78 is 65.9. The molecule has 0 radical (unpaired) electrons. The summed E-state index contributed by atoms with van der Waals surface area (Å²) in [5.41, 5.74) is 0. The van der Waals surface area contributed by atoms with Gasteiger partial charge in [-0.3, -0.25) is 4.18 Å². The van der Waals surface area contributed by atoms with E-state index >= 15 is 0 Å². The van der Waals surface area contributed by atoms with E-state index in [1.54, 1.807) is 0 Å². The quantitative estimate of drug-likeness (QED) is 0.178. The van der Waals surface area contributed by atoms with E-state index in [1.807, 2.05) is 0 Å². The lowest BCUT2D eigenvalue weighted by molar-refractivity contribution is -0.118. The van der Waals surface area contributed by atoms with Crippen LogP contribution in [0, 0.1) is 0 Å². The summed E-state index contributed by atoms with van der Waals surface area (Å²) >= 11 is 0. The third-order valence-corrected chi connectivity index (χ3v) is 2.91. The summed E-state index contributed by atoms with van der Waals surface area (Å²) in [6, 6.07) is -2.09. The Kier molecular flexibility index (Phi) is 7.08. The van der Waals surface area contributed by atoms with Crippen molar-refractivity contribution in [3.63, 3.8) is 0 Å². The van der Waals surface area contributed by atoms with E-state index in [9.17, 15) is 46.1 Å². The van der Waals surface area contributed by atoms with Crippen molar-refractivity contribution in [2.75, 3.05) is 6.61 Å². The van der Waals surface area contributed by atoms with Gasteiger partial charge in [0.05, 0.1) is 6.61 Å². The lowest BCUT2D eigenvalue weighted by Gasteiger charge is -2.27. The maximum absolute atomic E-state index is 10.5. The Bertz CT molecular complexity index is 513. The molecule has 0 spiro atoms. The summed E-state index contributed by atoms with van der Waals surface area (Å²) in [4.78, 5) is 10.5. The van der Waals surface area contributed by atoms with E-state index in [2.05, 4.69) is 4.18 Å². The molecule has 0 saturated carbocycles. The molecule has 0 bridgehead atoms. The molecule has 0 aliphatic rings. The predicted molar refractivity (Wildman–Crippen MR) is 56.4 cm³/mol. The molecule has 0 aromatic heterocycles. The summed E-state index contributed by atoms with van der Waals surface area (Å²) in [7, 11) is -10.3. The molecule has 120 valence electrons. The van der Waals surface area contributed by atoms with Gasteiger partial charge in [0.15, 0.2) is 10.3 Å². The Morgan fingerprint density at radius 1 is 1.10 bits per heavy atom. The molecule has 0 aromatic carbocycles. The summed E-state index contributed by atoms with van der Waals surface area (Å²) in [5, 5.41) is 27.8. The van der Waals surface area contributed by atoms with Crippen molar-refractivity contribution in [1.82, 2.24) is 4.72 Å². The number of aliphatic hydroxyl groups is 3. The van der Waals surface area contributed by atoms with Gasteiger partial charge in [-0.2, -0.15) is 0 Å². The van der Waals surface area contributed by atoms with Gasteiger partial charge >= 0.3 is 0 Å². The lowest BCUT2D eigenvalue weighted by atomic mass is 10.0. The highest BCUT2D eigenvalue weighted by Gasteiger charge is 2.32. The van der Waals surface area contributed by atoms with Gasteiger partial charge in [-0.1, -0.05) is 0 Å². The van der Waals surface area contributed by atoms with Crippen LogP contribution >= 0.6 is 0 Å². The van der Waals surface area contributed by atoms with Crippen molar-refractivity contribution >= 4 is 27.0 Å². The molecule has 0 rings (SSSR count). The van der Waals surface area contributed by atoms with Crippen LogP contribution in [0.3, 0.4) is 0 Å². The van der Waals surface area contributed by atoms with Crippen molar-refractivity contribution in [3.05, 3.63) is 0 Å². The van der Waals surface area contributed by atoms with Gasteiger partial charge in [0, 0.05) is 0 Å². The molecule has 0 unspecified atom stereocenters. The molecule has 0 amide bonds. The number of hydrogen-bond acceptors (Lipinski definition) is 11. The zero-order valence-electron chi connectivity index (χ0n) is 9.52. The van der Waals surface area contributed by atoms with Crippen molar-refractivity contribution in [1.29, 1.82) is 0 Å². The molecule has 12 nitrogen and oxygen atoms in total. The molecule has 0 fully saturated rings. The molecule has 14 heteroatoms. The third-order valence-electron chi connectivity index (χ3n) is 1.92.